The number of carbonyl (C=O) groups is 1. The fourth-order valence-electron chi connectivity index (χ4n) is 5.69. The molecule has 4 N–H and O–H groups in total. The van der Waals surface area contributed by atoms with Crippen LogP contribution in [0.5, 0.6) is 11.5 Å². The lowest BCUT2D eigenvalue weighted by atomic mass is 9.86. The van der Waals surface area contributed by atoms with E-state index in [9.17, 15) is 9.90 Å². The van der Waals surface area contributed by atoms with Crippen molar-refractivity contribution in [3.05, 3.63) is 71.0 Å². The van der Waals surface area contributed by atoms with Crippen molar-refractivity contribution < 1.29 is 19.4 Å². The summed E-state index contributed by atoms with van der Waals surface area (Å²) in [5.41, 5.74) is 12.3. The topological polar surface area (TPSA) is 102 Å². The highest BCUT2D eigenvalue weighted by atomic mass is 16.5. The monoisotopic (exact) mass is 501 g/mol. The Morgan fingerprint density at radius 2 is 2.05 bits per heavy atom. The molecule has 0 radical (unpaired) electrons. The van der Waals surface area contributed by atoms with Crippen LogP contribution in [0.25, 0.3) is 22.2 Å². The standard InChI is InChI=1S/C30H35N3O4/c1-4-7-18(2)37-27-14-23-19(13-26(27)36-3)10-11-33-16-24(30(31)35)28(29(23)33)21(17-34)12-20-15-32-25-9-6-5-8-22(20)25/h5-6,8-9,13-16,18,21,32,34H,4,7,10-12,17H2,1-3H3,(H2,31,35)/t18?,21-/m0/s1. The summed E-state index contributed by atoms with van der Waals surface area (Å²) in [6, 6.07) is 12.2. The number of nitrogens with two attached hydrogens (primary N) is 1. The zero-order valence-electron chi connectivity index (χ0n) is 21.7. The average Bonchev–Trinajstić information content (AvgIpc) is 3.49. The van der Waals surface area contributed by atoms with Gasteiger partial charge in [0.05, 0.1) is 31.1 Å². The second-order valence-electron chi connectivity index (χ2n) is 9.93. The lowest BCUT2D eigenvalue weighted by Crippen LogP contribution is -2.18. The molecule has 37 heavy (non-hydrogen) atoms. The van der Waals surface area contributed by atoms with Crippen molar-refractivity contribution >= 4 is 16.8 Å². The van der Waals surface area contributed by atoms with Crippen molar-refractivity contribution in [2.75, 3.05) is 13.7 Å². The van der Waals surface area contributed by atoms with Gasteiger partial charge in [-0.2, -0.15) is 0 Å². The number of para-hydroxylation sites is 1. The van der Waals surface area contributed by atoms with Gasteiger partial charge in [0.25, 0.3) is 5.91 Å². The van der Waals surface area contributed by atoms with Crippen LogP contribution in [0.2, 0.25) is 0 Å². The van der Waals surface area contributed by atoms with Gasteiger partial charge in [-0.15, -0.1) is 0 Å². The van der Waals surface area contributed by atoms with E-state index in [-0.39, 0.29) is 18.6 Å². The Balaban J connectivity index is 1.63. The van der Waals surface area contributed by atoms with Gasteiger partial charge in [0, 0.05) is 41.3 Å². The number of ether oxygens (including phenoxy) is 2. The van der Waals surface area contributed by atoms with Gasteiger partial charge in [-0.05, 0) is 61.1 Å². The third-order valence-electron chi connectivity index (χ3n) is 7.44. The summed E-state index contributed by atoms with van der Waals surface area (Å²) < 4.78 is 14.1. The number of methoxy groups -OCH3 is 1. The predicted molar refractivity (Wildman–Crippen MR) is 145 cm³/mol. The van der Waals surface area contributed by atoms with Crippen LogP contribution in [0.3, 0.4) is 0 Å². The van der Waals surface area contributed by atoms with Gasteiger partial charge in [-0.3, -0.25) is 4.79 Å². The molecule has 0 spiro atoms. The van der Waals surface area contributed by atoms with Crippen LogP contribution in [-0.4, -0.2) is 40.4 Å². The van der Waals surface area contributed by atoms with Gasteiger partial charge in [0.2, 0.25) is 0 Å². The molecule has 1 amide bonds. The highest BCUT2D eigenvalue weighted by molar-refractivity contribution is 5.97. The summed E-state index contributed by atoms with van der Waals surface area (Å²) in [6.45, 7) is 4.80. The van der Waals surface area contributed by atoms with E-state index in [4.69, 9.17) is 15.2 Å². The Morgan fingerprint density at radius 1 is 1.24 bits per heavy atom. The maximum absolute atomic E-state index is 12.6. The van der Waals surface area contributed by atoms with Crippen molar-refractivity contribution in [1.82, 2.24) is 9.55 Å². The number of amides is 1. The fraction of sp³-hybridized carbons (Fsp3) is 0.367. The smallest absolute Gasteiger partial charge is 0.250 e. The largest absolute Gasteiger partial charge is 0.493 e. The van der Waals surface area contributed by atoms with E-state index in [1.165, 1.54) is 0 Å². The average molecular weight is 502 g/mol. The third kappa shape index (κ3) is 4.60. The minimum atomic E-state index is -0.489. The number of aliphatic hydroxyl groups is 1. The molecule has 194 valence electrons. The van der Waals surface area contributed by atoms with E-state index in [2.05, 4.69) is 29.5 Å². The Morgan fingerprint density at radius 3 is 2.78 bits per heavy atom. The minimum absolute atomic E-state index is 0.0417. The molecule has 0 saturated heterocycles. The van der Waals surface area contributed by atoms with Gasteiger partial charge in [0.15, 0.2) is 11.5 Å². The first kappa shape index (κ1) is 25.0. The summed E-state index contributed by atoms with van der Waals surface area (Å²) in [5, 5.41) is 11.7. The highest BCUT2D eigenvalue weighted by Gasteiger charge is 2.31. The zero-order valence-corrected chi connectivity index (χ0v) is 21.7. The molecule has 0 fully saturated rings. The number of benzene rings is 2. The molecule has 0 aliphatic carbocycles. The normalized spacial score (nSPS) is 14.2. The van der Waals surface area contributed by atoms with Gasteiger partial charge in [-0.1, -0.05) is 31.5 Å². The lowest BCUT2D eigenvalue weighted by molar-refractivity contribution is 0.0998. The Bertz CT molecular complexity index is 1430. The number of nitrogens with zero attached hydrogens (tertiary/aromatic N) is 1. The van der Waals surface area contributed by atoms with E-state index in [1.807, 2.05) is 42.7 Å². The molecule has 2 atom stereocenters. The van der Waals surface area contributed by atoms with Crippen LogP contribution in [0, 0.1) is 0 Å². The van der Waals surface area contributed by atoms with Crippen LogP contribution < -0.4 is 15.2 Å². The minimum Gasteiger partial charge on any atom is -0.493 e. The number of carbonyl (C=O) groups excluding carboxylic acids is 1. The second-order valence-corrected chi connectivity index (χ2v) is 9.93. The highest BCUT2D eigenvalue weighted by Crippen LogP contribution is 2.44. The summed E-state index contributed by atoms with van der Waals surface area (Å²) in [5.74, 6) is 0.586. The van der Waals surface area contributed by atoms with Gasteiger partial charge in [-0.25, -0.2) is 0 Å². The number of aliphatic hydroxyl groups excluding tert-OH is 1. The van der Waals surface area contributed by atoms with Crippen molar-refractivity contribution in [3.8, 4) is 22.8 Å². The summed E-state index contributed by atoms with van der Waals surface area (Å²) in [6.07, 6.45) is 7.19. The summed E-state index contributed by atoms with van der Waals surface area (Å²) in [4.78, 5) is 16.0. The first-order valence-electron chi connectivity index (χ1n) is 13.0. The molecule has 1 aliphatic rings. The van der Waals surface area contributed by atoms with E-state index >= 15 is 0 Å². The molecule has 4 aromatic rings. The molecule has 1 unspecified atom stereocenters. The molecule has 2 aromatic heterocycles. The molecular weight excluding hydrogens is 466 g/mol. The number of H-pyrrole nitrogens is 1. The molecular formula is C30H35N3O4. The van der Waals surface area contributed by atoms with Crippen LogP contribution in [0.4, 0.5) is 0 Å². The van der Waals surface area contributed by atoms with E-state index in [0.29, 0.717) is 30.0 Å². The first-order valence-corrected chi connectivity index (χ1v) is 13.0. The van der Waals surface area contributed by atoms with Crippen LogP contribution >= 0.6 is 0 Å². The molecule has 0 bridgehead atoms. The number of nitrogens with one attached hydrogen (secondary N) is 1. The Hall–Kier alpha value is -3.71. The van der Waals surface area contributed by atoms with Crippen LogP contribution in [-0.2, 0) is 19.4 Å². The number of aromatic nitrogens is 2. The summed E-state index contributed by atoms with van der Waals surface area (Å²) in [7, 11) is 1.66. The SMILES string of the molecule is CCCC(C)Oc1cc2c(cc1OC)CCn1cc(C(N)=O)c([C@H](CO)Cc3c[nH]c4ccccc34)c1-2. The molecule has 5 rings (SSSR count). The number of hydrogen-bond acceptors (Lipinski definition) is 4. The molecule has 1 aliphatic heterocycles. The van der Waals surface area contributed by atoms with Crippen molar-refractivity contribution in [1.29, 1.82) is 0 Å². The molecule has 7 heteroatoms. The molecule has 0 saturated carbocycles. The molecule has 2 aromatic carbocycles. The number of hydrogen-bond donors (Lipinski definition) is 3. The van der Waals surface area contributed by atoms with Crippen LogP contribution in [0.15, 0.2) is 48.8 Å². The molecule has 7 nitrogen and oxygen atoms in total. The number of aromatic amines is 1. The number of fused-ring (bicyclic) bond motifs is 4. The predicted octanol–water partition coefficient (Wildman–Crippen LogP) is 5.19. The second kappa shape index (κ2) is 10.3. The van der Waals surface area contributed by atoms with E-state index in [0.717, 1.165) is 58.1 Å². The van der Waals surface area contributed by atoms with Crippen molar-refractivity contribution in [2.45, 2.75) is 58.1 Å². The number of rotatable bonds is 10. The Labute approximate surface area is 217 Å². The zero-order chi connectivity index (χ0) is 26.1. The third-order valence-corrected chi connectivity index (χ3v) is 7.44. The fourth-order valence-corrected chi connectivity index (χ4v) is 5.69. The summed E-state index contributed by atoms with van der Waals surface area (Å²) >= 11 is 0. The maximum Gasteiger partial charge on any atom is 0.250 e. The first-order chi connectivity index (χ1) is 17.9. The van der Waals surface area contributed by atoms with Gasteiger partial charge >= 0.3 is 0 Å². The van der Waals surface area contributed by atoms with Crippen molar-refractivity contribution in [3.63, 3.8) is 0 Å². The maximum atomic E-state index is 12.6. The van der Waals surface area contributed by atoms with Gasteiger partial charge < -0.3 is 29.9 Å². The quantitative estimate of drug-likeness (QED) is 0.278. The number of aryl methyl sites for hydroxylation is 2. The van der Waals surface area contributed by atoms with E-state index < -0.39 is 5.91 Å². The number of primary amides is 1. The lowest BCUT2D eigenvalue weighted by Gasteiger charge is -2.26. The van der Waals surface area contributed by atoms with E-state index in [1.54, 1.807) is 7.11 Å². The van der Waals surface area contributed by atoms with Crippen LogP contribution in [0.1, 0.15) is 59.7 Å². The Kier molecular flexibility index (Phi) is 6.98. The van der Waals surface area contributed by atoms with Gasteiger partial charge in [0.1, 0.15) is 0 Å². The molecule has 3 heterocycles. The van der Waals surface area contributed by atoms with Crippen molar-refractivity contribution in [2.24, 2.45) is 5.73 Å².